The van der Waals surface area contributed by atoms with Crippen LogP contribution in [0.1, 0.15) is 6.42 Å². The standard InChI is InChI=1S/C10H13NO5S/c12-10(13)11(7-4-8-17(14,15)16)9-5-2-1-3-6-9/h1-3,5-6H,4,7-8H2,(H,12,13)(H,14,15,16). The van der Waals surface area contributed by atoms with Gasteiger partial charge in [0, 0.05) is 12.2 Å². The average Bonchev–Trinajstić information content (AvgIpc) is 2.23. The predicted octanol–water partition coefficient (Wildman–Crippen LogP) is 1.45. The van der Waals surface area contributed by atoms with E-state index in [1.54, 1.807) is 30.3 Å². The second-order valence-electron chi connectivity index (χ2n) is 3.41. The van der Waals surface area contributed by atoms with Gasteiger partial charge in [-0.3, -0.25) is 9.45 Å². The topological polar surface area (TPSA) is 94.9 Å². The van der Waals surface area contributed by atoms with Crippen LogP contribution in [0.25, 0.3) is 0 Å². The molecule has 0 fully saturated rings. The van der Waals surface area contributed by atoms with Gasteiger partial charge in [0.1, 0.15) is 0 Å². The molecule has 0 aliphatic rings. The van der Waals surface area contributed by atoms with Crippen LogP contribution in [-0.4, -0.2) is 36.5 Å². The highest BCUT2D eigenvalue weighted by atomic mass is 32.2. The number of hydrogen-bond donors (Lipinski definition) is 2. The molecule has 1 amide bonds. The Kier molecular flexibility index (Phi) is 4.47. The lowest BCUT2D eigenvalue weighted by Gasteiger charge is -2.18. The molecule has 0 aliphatic carbocycles. The Morgan fingerprint density at radius 3 is 2.29 bits per heavy atom. The summed E-state index contributed by atoms with van der Waals surface area (Å²) in [6.45, 7) is 0.0130. The van der Waals surface area contributed by atoms with Crippen molar-refractivity contribution in [2.45, 2.75) is 6.42 Å². The highest BCUT2D eigenvalue weighted by Gasteiger charge is 2.14. The lowest BCUT2D eigenvalue weighted by atomic mass is 10.3. The number of anilines is 1. The fraction of sp³-hybridized carbons (Fsp3) is 0.300. The first-order chi connectivity index (χ1) is 7.90. The quantitative estimate of drug-likeness (QED) is 0.780. The molecule has 0 atom stereocenters. The molecule has 1 rings (SSSR count). The molecule has 2 N–H and O–H groups in total. The van der Waals surface area contributed by atoms with Crippen LogP contribution in [0.3, 0.4) is 0 Å². The van der Waals surface area contributed by atoms with Crippen LogP contribution in [0.15, 0.2) is 30.3 Å². The van der Waals surface area contributed by atoms with Gasteiger partial charge < -0.3 is 5.11 Å². The lowest BCUT2D eigenvalue weighted by molar-refractivity contribution is 0.201. The van der Waals surface area contributed by atoms with Gasteiger partial charge in [-0.15, -0.1) is 0 Å². The van der Waals surface area contributed by atoms with Crippen LogP contribution in [0.2, 0.25) is 0 Å². The minimum atomic E-state index is -4.05. The zero-order chi connectivity index (χ0) is 12.9. The van der Waals surface area contributed by atoms with E-state index in [-0.39, 0.29) is 13.0 Å². The first-order valence-corrected chi connectivity index (χ1v) is 6.52. The van der Waals surface area contributed by atoms with E-state index >= 15 is 0 Å². The lowest BCUT2D eigenvalue weighted by Crippen LogP contribution is -2.31. The Morgan fingerprint density at radius 1 is 1.24 bits per heavy atom. The van der Waals surface area contributed by atoms with Gasteiger partial charge in [-0.25, -0.2) is 4.79 Å². The van der Waals surface area contributed by atoms with E-state index < -0.39 is 22.0 Å². The summed E-state index contributed by atoms with van der Waals surface area (Å²) in [5.74, 6) is -0.455. The van der Waals surface area contributed by atoms with Crippen LogP contribution < -0.4 is 4.90 Å². The van der Waals surface area contributed by atoms with Crippen LogP contribution in [0, 0.1) is 0 Å². The largest absolute Gasteiger partial charge is 0.465 e. The van der Waals surface area contributed by atoms with Gasteiger partial charge >= 0.3 is 6.09 Å². The molecule has 0 aliphatic heterocycles. The zero-order valence-electron chi connectivity index (χ0n) is 8.98. The van der Waals surface area contributed by atoms with Gasteiger partial charge in [-0.2, -0.15) is 8.42 Å². The Balaban J connectivity index is 2.66. The van der Waals surface area contributed by atoms with Gasteiger partial charge in [-0.05, 0) is 18.6 Å². The molecule has 0 saturated carbocycles. The maximum Gasteiger partial charge on any atom is 0.411 e. The molecule has 0 saturated heterocycles. The molecule has 0 unspecified atom stereocenters. The Bertz CT molecular complexity index is 471. The van der Waals surface area contributed by atoms with E-state index in [1.807, 2.05) is 0 Å². The zero-order valence-corrected chi connectivity index (χ0v) is 9.80. The third kappa shape index (κ3) is 4.83. The first-order valence-electron chi connectivity index (χ1n) is 4.91. The molecule has 1 aromatic carbocycles. The molecule has 0 spiro atoms. The van der Waals surface area contributed by atoms with Gasteiger partial charge in [0.2, 0.25) is 0 Å². The summed E-state index contributed by atoms with van der Waals surface area (Å²) in [4.78, 5) is 12.0. The second kappa shape index (κ2) is 5.65. The Morgan fingerprint density at radius 2 is 1.82 bits per heavy atom. The van der Waals surface area contributed by atoms with Crippen LogP contribution in [-0.2, 0) is 10.1 Å². The summed E-state index contributed by atoms with van der Waals surface area (Å²) in [7, 11) is -4.05. The summed E-state index contributed by atoms with van der Waals surface area (Å²) in [6.07, 6.45) is -1.12. The smallest absolute Gasteiger partial charge is 0.411 e. The van der Waals surface area contributed by atoms with Gasteiger partial charge in [0.05, 0.1) is 5.75 Å². The van der Waals surface area contributed by atoms with E-state index in [1.165, 1.54) is 0 Å². The number of amides is 1. The van der Waals surface area contributed by atoms with Crippen LogP contribution >= 0.6 is 0 Å². The fourth-order valence-corrected chi connectivity index (χ4v) is 1.84. The molecular weight excluding hydrogens is 246 g/mol. The molecule has 0 radical (unpaired) electrons. The molecule has 0 heterocycles. The monoisotopic (exact) mass is 259 g/mol. The fourth-order valence-electron chi connectivity index (χ4n) is 1.35. The number of rotatable bonds is 5. The van der Waals surface area contributed by atoms with E-state index in [0.717, 1.165) is 4.90 Å². The van der Waals surface area contributed by atoms with Crippen molar-refractivity contribution in [2.24, 2.45) is 0 Å². The minimum Gasteiger partial charge on any atom is -0.465 e. The average molecular weight is 259 g/mol. The van der Waals surface area contributed by atoms with Crippen molar-refractivity contribution in [3.05, 3.63) is 30.3 Å². The highest BCUT2D eigenvalue weighted by molar-refractivity contribution is 7.85. The van der Waals surface area contributed by atoms with Crippen molar-refractivity contribution < 1.29 is 22.9 Å². The molecule has 17 heavy (non-hydrogen) atoms. The number of carbonyl (C=O) groups is 1. The molecule has 6 nitrogen and oxygen atoms in total. The van der Waals surface area contributed by atoms with Gasteiger partial charge in [0.15, 0.2) is 0 Å². The SMILES string of the molecule is O=C(O)N(CCCS(=O)(=O)O)c1ccccc1. The second-order valence-corrected chi connectivity index (χ2v) is 4.98. The van der Waals surface area contributed by atoms with E-state index in [0.29, 0.717) is 5.69 Å². The summed E-state index contributed by atoms with van der Waals surface area (Å²) in [5.41, 5.74) is 0.468. The number of hydrogen-bond acceptors (Lipinski definition) is 3. The number of para-hydroxylation sites is 1. The Hall–Kier alpha value is -1.60. The first kappa shape index (κ1) is 13.5. The van der Waals surface area contributed by atoms with Gasteiger partial charge in [-0.1, -0.05) is 18.2 Å². The molecule has 7 heteroatoms. The summed E-state index contributed by atoms with van der Waals surface area (Å²) < 4.78 is 29.6. The van der Waals surface area contributed by atoms with Crippen LogP contribution in [0.5, 0.6) is 0 Å². The molecule has 1 aromatic rings. The maximum atomic E-state index is 11.0. The van der Waals surface area contributed by atoms with Crippen molar-refractivity contribution >= 4 is 21.9 Å². The molecule has 94 valence electrons. The normalized spacial score (nSPS) is 11.1. The minimum absolute atomic E-state index is 0.0130. The number of benzene rings is 1. The van der Waals surface area contributed by atoms with E-state index in [9.17, 15) is 13.2 Å². The summed E-state index contributed by atoms with van der Waals surface area (Å²) in [5, 5.41) is 8.97. The van der Waals surface area contributed by atoms with E-state index in [2.05, 4.69) is 0 Å². The summed E-state index contributed by atoms with van der Waals surface area (Å²) in [6, 6.07) is 8.35. The Labute approximate surface area is 99.2 Å². The predicted molar refractivity (Wildman–Crippen MR) is 62.8 cm³/mol. The van der Waals surface area contributed by atoms with Crippen LogP contribution in [0.4, 0.5) is 10.5 Å². The number of carboxylic acid groups (broad SMARTS) is 1. The molecular formula is C10H13NO5S. The third-order valence-electron chi connectivity index (χ3n) is 2.08. The number of nitrogens with zero attached hydrogens (tertiary/aromatic N) is 1. The van der Waals surface area contributed by atoms with Crippen molar-refractivity contribution in [2.75, 3.05) is 17.2 Å². The molecule has 0 aromatic heterocycles. The van der Waals surface area contributed by atoms with E-state index in [4.69, 9.17) is 9.66 Å². The third-order valence-corrected chi connectivity index (χ3v) is 2.89. The van der Waals surface area contributed by atoms with Crippen molar-refractivity contribution in [1.82, 2.24) is 0 Å². The maximum absolute atomic E-state index is 11.0. The van der Waals surface area contributed by atoms with Crippen molar-refractivity contribution in [1.29, 1.82) is 0 Å². The van der Waals surface area contributed by atoms with Gasteiger partial charge in [0.25, 0.3) is 10.1 Å². The highest BCUT2D eigenvalue weighted by Crippen LogP contribution is 2.13. The van der Waals surface area contributed by atoms with Crippen molar-refractivity contribution in [3.8, 4) is 0 Å². The molecule has 0 bridgehead atoms. The van der Waals surface area contributed by atoms with Crippen molar-refractivity contribution in [3.63, 3.8) is 0 Å². The summed E-state index contributed by atoms with van der Waals surface area (Å²) >= 11 is 0.